The fraction of sp³-hybridized carbons (Fsp3) is 0.0263. The molecule has 0 radical (unpaired) electrons. The van der Waals surface area contributed by atoms with E-state index < -0.39 is 5.41 Å². The molecule has 0 N–H and O–H groups in total. The quantitative estimate of drug-likeness (QED) is 0.189. The Morgan fingerprint density at radius 1 is 0.561 bits per heavy atom. The van der Waals surface area contributed by atoms with Gasteiger partial charge in [-0.2, -0.15) is 0 Å². The topological polar surface area (TPSA) is 9.29 Å². The molecule has 2 nitrogen and oxygen atoms in total. The summed E-state index contributed by atoms with van der Waals surface area (Å²) in [5, 5.41) is 2.48. The van der Waals surface area contributed by atoms with E-state index in [1.807, 2.05) is 23.9 Å². The Morgan fingerprint density at radius 2 is 1.20 bits per heavy atom. The summed E-state index contributed by atoms with van der Waals surface area (Å²) in [6.07, 6.45) is 0. The van der Waals surface area contributed by atoms with Gasteiger partial charge in [0.15, 0.2) is 5.69 Å². The van der Waals surface area contributed by atoms with Crippen molar-refractivity contribution in [1.82, 2.24) is 4.57 Å². The summed E-state index contributed by atoms with van der Waals surface area (Å²) in [6.45, 7) is 7.47. The van der Waals surface area contributed by atoms with Crippen molar-refractivity contribution in [2.45, 2.75) is 15.2 Å². The molecule has 2 aliphatic rings. The van der Waals surface area contributed by atoms with Gasteiger partial charge in [-0.1, -0.05) is 121 Å². The van der Waals surface area contributed by atoms with Gasteiger partial charge in [-0.05, 0) is 57.6 Å². The van der Waals surface area contributed by atoms with Crippen LogP contribution in [0.3, 0.4) is 0 Å². The first-order valence-corrected chi connectivity index (χ1v) is 14.6. The van der Waals surface area contributed by atoms with E-state index >= 15 is 0 Å². The van der Waals surface area contributed by atoms with Gasteiger partial charge < -0.3 is 4.57 Å². The van der Waals surface area contributed by atoms with Gasteiger partial charge in [-0.25, -0.2) is 4.85 Å². The maximum Gasteiger partial charge on any atom is 0.187 e. The molecule has 9 rings (SSSR count). The Bertz CT molecular complexity index is 2200. The third-order valence-corrected chi connectivity index (χ3v) is 10.1. The van der Waals surface area contributed by atoms with E-state index in [0.29, 0.717) is 5.69 Å². The summed E-state index contributed by atoms with van der Waals surface area (Å²) in [6, 6.07) is 48.3. The fourth-order valence-electron chi connectivity index (χ4n) is 7.31. The molecule has 7 aromatic rings. The maximum atomic E-state index is 7.47. The zero-order valence-corrected chi connectivity index (χ0v) is 22.8. The van der Waals surface area contributed by atoms with Gasteiger partial charge in [0.1, 0.15) is 0 Å². The van der Waals surface area contributed by atoms with Gasteiger partial charge >= 0.3 is 0 Å². The van der Waals surface area contributed by atoms with Crippen LogP contribution in [0.1, 0.15) is 22.3 Å². The van der Waals surface area contributed by atoms with Crippen LogP contribution >= 0.6 is 11.8 Å². The van der Waals surface area contributed by atoms with Crippen LogP contribution < -0.4 is 0 Å². The van der Waals surface area contributed by atoms with Crippen molar-refractivity contribution in [1.29, 1.82) is 0 Å². The predicted octanol–water partition coefficient (Wildman–Crippen LogP) is 10.2. The minimum absolute atomic E-state index is 0.409. The van der Waals surface area contributed by atoms with Crippen LogP contribution in [0, 0.1) is 6.57 Å². The van der Waals surface area contributed by atoms with E-state index in [-0.39, 0.29) is 0 Å². The van der Waals surface area contributed by atoms with E-state index in [9.17, 15) is 0 Å². The Hall–Kier alpha value is -5.04. The van der Waals surface area contributed by atoms with E-state index in [0.717, 1.165) is 5.69 Å². The Morgan fingerprint density at radius 3 is 1.93 bits per heavy atom. The molecule has 1 aromatic heterocycles. The van der Waals surface area contributed by atoms with Crippen LogP contribution in [0.5, 0.6) is 0 Å². The molecule has 0 unspecified atom stereocenters. The van der Waals surface area contributed by atoms with Crippen molar-refractivity contribution < 1.29 is 0 Å². The van der Waals surface area contributed by atoms with Crippen LogP contribution in [-0.4, -0.2) is 4.57 Å². The third-order valence-electron chi connectivity index (χ3n) is 8.89. The minimum atomic E-state index is -0.409. The highest BCUT2D eigenvalue weighted by Gasteiger charge is 2.50. The van der Waals surface area contributed by atoms with Crippen LogP contribution in [0.25, 0.3) is 43.5 Å². The van der Waals surface area contributed by atoms with Crippen molar-refractivity contribution in [2.75, 3.05) is 0 Å². The van der Waals surface area contributed by atoms with E-state index in [1.165, 1.54) is 65.0 Å². The molecule has 0 saturated carbocycles. The largest absolute Gasteiger partial charge is 0.308 e. The van der Waals surface area contributed by atoms with Gasteiger partial charge in [0.25, 0.3) is 0 Å². The second-order valence-electron chi connectivity index (χ2n) is 10.8. The van der Waals surface area contributed by atoms with E-state index in [2.05, 4.69) is 131 Å². The monoisotopic (exact) mass is 538 g/mol. The minimum Gasteiger partial charge on any atom is -0.308 e. The fourth-order valence-corrected chi connectivity index (χ4v) is 8.63. The number of benzene rings is 6. The van der Waals surface area contributed by atoms with Gasteiger partial charge in [0.2, 0.25) is 0 Å². The first-order valence-electron chi connectivity index (χ1n) is 13.8. The zero-order valence-electron chi connectivity index (χ0n) is 22.0. The molecule has 1 aliphatic heterocycles. The molecule has 0 amide bonds. The van der Waals surface area contributed by atoms with Crippen LogP contribution in [0.2, 0.25) is 0 Å². The summed E-state index contributed by atoms with van der Waals surface area (Å²) >= 11 is 1.88. The molecule has 41 heavy (non-hydrogen) atoms. The number of para-hydroxylation sites is 1. The zero-order chi connectivity index (χ0) is 27.1. The first-order chi connectivity index (χ1) is 20.3. The van der Waals surface area contributed by atoms with Gasteiger partial charge in [0.05, 0.1) is 23.0 Å². The maximum absolute atomic E-state index is 7.47. The average Bonchev–Trinajstić information content (AvgIpc) is 3.53. The molecule has 190 valence electrons. The summed E-state index contributed by atoms with van der Waals surface area (Å²) < 4.78 is 2.40. The average molecular weight is 539 g/mol. The molecular formula is C38H22N2S. The summed E-state index contributed by atoms with van der Waals surface area (Å²) in [7, 11) is 0. The molecule has 0 bridgehead atoms. The molecule has 2 heterocycles. The summed E-state index contributed by atoms with van der Waals surface area (Å²) in [4.78, 5) is 6.22. The molecule has 0 saturated heterocycles. The first kappa shape index (κ1) is 22.7. The predicted molar refractivity (Wildman–Crippen MR) is 168 cm³/mol. The number of aromatic nitrogens is 1. The normalized spacial score (nSPS) is 13.9. The molecule has 3 heteroatoms. The van der Waals surface area contributed by atoms with Gasteiger partial charge in [0, 0.05) is 26.3 Å². The Labute approximate surface area is 242 Å². The highest BCUT2D eigenvalue weighted by Crippen LogP contribution is 2.63. The van der Waals surface area contributed by atoms with Crippen molar-refractivity contribution in [3.63, 3.8) is 0 Å². The van der Waals surface area contributed by atoms with E-state index in [1.54, 1.807) is 0 Å². The van der Waals surface area contributed by atoms with Gasteiger partial charge in [-0.3, -0.25) is 0 Å². The number of nitrogens with zero attached hydrogens (tertiary/aromatic N) is 2. The molecule has 0 fully saturated rings. The second-order valence-corrected chi connectivity index (χ2v) is 11.8. The summed E-state index contributed by atoms with van der Waals surface area (Å²) in [5.74, 6) is 0. The lowest BCUT2D eigenvalue weighted by Gasteiger charge is -2.40. The lowest BCUT2D eigenvalue weighted by atomic mass is 9.67. The number of fused-ring (bicyclic) bond motifs is 13. The lowest BCUT2D eigenvalue weighted by molar-refractivity contribution is 0.724. The second kappa shape index (κ2) is 8.24. The van der Waals surface area contributed by atoms with Crippen LogP contribution in [-0.2, 0) is 5.41 Å². The van der Waals surface area contributed by atoms with Crippen molar-refractivity contribution in [3.8, 4) is 16.8 Å². The van der Waals surface area contributed by atoms with Gasteiger partial charge in [-0.15, -0.1) is 0 Å². The van der Waals surface area contributed by atoms with Crippen molar-refractivity contribution in [3.05, 3.63) is 167 Å². The standard InChI is InChI=1S/C38H22N2S/c1-39-24-18-20-25(21-19-24)40-34-16-8-4-12-28(34)29-22-23-33-37(36(29)40)41-35-17-9-7-15-32(35)38(33)30-13-5-2-10-26(30)27-11-3-6-14-31(27)38/h2-23H. The number of hydrogen-bond acceptors (Lipinski definition) is 1. The lowest BCUT2D eigenvalue weighted by Crippen LogP contribution is -2.32. The highest BCUT2D eigenvalue weighted by atomic mass is 32.2. The van der Waals surface area contributed by atoms with Crippen LogP contribution in [0.15, 0.2) is 143 Å². The third kappa shape index (κ3) is 2.82. The molecule has 1 aliphatic carbocycles. The Balaban J connectivity index is 1.48. The number of rotatable bonds is 1. The molecule has 6 aromatic carbocycles. The number of hydrogen-bond donors (Lipinski definition) is 0. The van der Waals surface area contributed by atoms with Crippen molar-refractivity contribution in [2.24, 2.45) is 0 Å². The van der Waals surface area contributed by atoms with Crippen molar-refractivity contribution >= 4 is 39.3 Å². The Kier molecular flexibility index (Phi) is 4.57. The molecular weight excluding hydrogens is 516 g/mol. The SMILES string of the molecule is [C-]#[N+]c1ccc(-n2c3ccccc3c3ccc4c(c32)Sc2ccccc2C42c3ccccc3-c3ccccc32)cc1. The summed E-state index contributed by atoms with van der Waals surface area (Å²) in [5.41, 5.74) is 11.7. The highest BCUT2D eigenvalue weighted by molar-refractivity contribution is 7.99. The van der Waals surface area contributed by atoms with Crippen LogP contribution in [0.4, 0.5) is 5.69 Å². The molecule has 0 atom stereocenters. The smallest absolute Gasteiger partial charge is 0.187 e. The molecule has 1 spiro atoms. The van der Waals surface area contributed by atoms with E-state index in [4.69, 9.17) is 6.57 Å².